The van der Waals surface area contributed by atoms with Gasteiger partial charge in [-0.25, -0.2) is 0 Å². The Morgan fingerprint density at radius 2 is 1.88 bits per heavy atom. The molecule has 1 aliphatic heterocycles. The van der Waals surface area contributed by atoms with Gasteiger partial charge in [-0.1, -0.05) is 33.2 Å². The Morgan fingerprint density at radius 3 is 2.53 bits per heavy atom. The minimum Gasteiger partial charge on any atom is -0.497 e. The first-order valence-corrected chi connectivity index (χ1v) is 11.6. The molecular weight excluding hydrogens is 472 g/mol. The highest BCUT2D eigenvalue weighted by atomic mass is 79.9. The third-order valence-corrected chi connectivity index (χ3v) is 6.39. The van der Waals surface area contributed by atoms with Crippen LogP contribution in [0.4, 0.5) is 0 Å². The molecule has 1 fully saturated rings. The van der Waals surface area contributed by atoms with Gasteiger partial charge >= 0.3 is 0 Å². The summed E-state index contributed by atoms with van der Waals surface area (Å²) in [7, 11) is 1.65. The molecule has 8 heteroatoms. The highest BCUT2D eigenvalue weighted by molar-refractivity contribution is 9.10. The Balaban J connectivity index is 1.25. The minimum atomic E-state index is -0.0399. The summed E-state index contributed by atoms with van der Waals surface area (Å²) in [5.41, 5.74) is 1.99. The third kappa shape index (κ3) is 5.55. The zero-order valence-corrected chi connectivity index (χ0v) is 19.8. The van der Waals surface area contributed by atoms with E-state index in [1.807, 2.05) is 55.5 Å². The van der Waals surface area contributed by atoms with Crippen molar-refractivity contribution in [1.29, 1.82) is 0 Å². The van der Waals surface area contributed by atoms with Crippen molar-refractivity contribution < 1.29 is 14.1 Å². The number of amides is 1. The number of hydrogen-bond donors (Lipinski definition) is 1. The number of nitrogens with zero attached hydrogens (tertiary/aromatic N) is 3. The number of methoxy groups -OCH3 is 1. The quantitative estimate of drug-likeness (QED) is 0.512. The number of carbonyl (C=O) groups is 1. The smallest absolute Gasteiger partial charge is 0.241 e. The maximum atomic E-state index is 12.8. The molecule has 1 atom stereocenters. The van der Waals surface area contributed by atoms with Crippen molar-refractivity contribution in [3.63, 3.8) is 0 Å². The van der Waals surface area contributed by atoms with Gasteiger partial charge in [0.25, 0.3) is 0 Å². The molecule has 4 rings (SSSR count). The summed E-state index contributed by atoms with van der Waals surface area (Å²) >= 11 is 3.43. The normalized spacial score (nSPS) is 16.0. The number of nitrogens with one attached hydrogen (secondary N) is 1. The van der Waals surface area contributed by atoms with Crippen LogP contribution in [0.2, 0.25) is 0 Å². The fourth-order valence-corrected chi connectivity index (χ4v) is 4.15. The summed E-state index contributed by atoms with van der Waals surface area (Å²) in [5.74, 6) is 2.13. The van der Waals surface area contributed by atoms with E-state index in [1.54, 1.807) is 7.11 Å². The summed E-state index contributed by atoms with van der Waals surface area (Å²) in [6.07, 6.45) is 1.63. The molecule has 32 heavy (non-hydrogen) atoms. The van der Waals surface area contributed by atoms with Crippen LogP contribution < -0.4 is 10.1 Å². The van der Waals surface area contributed by atoms with Crippen molar-refractivity contribution in [3.05, 3.63) is 64.5 Å². The first-order valence-electron chi connectivity index (χ1n) is 10.8. The molecule has 0 spiro atoms. The largest absolute Gasteiger partial charge is 0.497 e. The lowest BCUT2D eigenvalue weighted by Crippen LogP contribution is -2.40. The van der Waals surface area contributed by atoms with Gasteiger partial charge in [0.2, 0.25) is 17.6 Å². The van der Waals surface area contributed by atoms with Gasteiger partial charge in [0.05, 0.1) is 19.7 Å². The van der Waals surface area contributed by atoms with E-state index in [-0.39, 0.29) is 17.9 Å². The molecule has 1 saturated heterocycles. The van der Waals surface area contributed by atoms with Crippen molar-refractivity contribution in [2.45, 2.75) is 32.4 Å². The summed E-state index contributed by atoms with van der Waals surface area (Å²) in [6.45, 7) is 4.25. The van der Waals surface area contributed by atoms with Crippen LogP contribution in [-0.4, -0.2) is 41.1 Å². The molecule has 1 aliphatic rings. The minimum absolute atomic E-state index is 0.0213. The zero-order valence-electron chi connectivity index (χ0n) is 18.3. The third-order valence-electron chi connectivity index (χ3n) is 5.86. The molecule has 3 aromatic rings. The first-order chi connectivity index (χ1) is 15.5. The number of piperidine rings is 1. The van der Waals surface area contributed by atoms with Gasteiger partial charge in [0.15, 0.2) is 0 Å². The first kappa shape index (κ1) is 22.5. The molecule has 0 radical (unpaired) electrons. The number of carbonyl (C=O) groups excluding carboxylic acids is 1. The van der Waals surface area contributed by atoms with Crippen LogP contribution in [0.5, 0.6) is 5.75 Å². The van der Waals surface area contributed by atoms with Gasteiger partial charge in [-0.3, -0.25) is 9.69 Å². The van der Waals surface area contributed by atoms with E-state index < -0.39 is 0 Å². The predicted molar refractivity (Wildman–Crippen MR) is 125 cm³/mol. The summed E-state index contributed by atoms with van der Waals surface area (Å²) in [6, 6.07) is 15.6. The van der Waals surface area contributed by atoms with E-state index in [4.69, 9.17) is 9.26 Å². The van der Waals surface area contributed by atoms with E-state index in [0.29, 0.717) is 18.3 Å². The molecule has 1 amide bonds. The number of aromatic nitrogens is 2. The molecule has 0 aliphatic carbocycles. The van der Waals surface area contributed by atoms with Crippen molar-refractivity contribution in [3.8, 4) is 17.1 Å². The lowest BCUT2D eigenvalue weighted by atomic mass is 9.95. The molecule has 1 N–H and O–H groups in total. The molecule has 1 aromatic heterocycles. The second-order valence-electron chi connectivity index (χ2n) is 8.07. The van der Waals surface area contributed by atoms with Crippen molar-refractivity contribution in [1.82, 2.24) is 20.4 Å². The highest BCUT2D eigenvalue weighted by Crippen LogP contribution is 2.23. The molecule has 1 unspecified atom stereocenters. The topological polar surface area (TPSA) is 80.5 Å². The molecule has 0 saturated carbocycles. The van der Waals surface area contributed by atoms with Gasteiger partial charge in [-0.15, -0.1) is 0 Å². The van der Waals surface area contributed by atoms with E-state index >= 15 is 0 Å². The Labute approximate surface area is 196 Å². The SMILES string of the molecule is COc1ccc(C(C)NC(=O)C2CCN(Cc3nc(-c4ccc(Br)cc4)no3)CC2)cc1. The standard InChI is InChI=1S/C24H27BrN4O3/c1-16(17-5-9-21(31-2)10-6-17)26-24(30)19-11-13-29(14-12-19)15-22-27-23(28-32-22)18-3-7-20(25)8-4-18/h3-10,16,19H,11-15H2,1-2H3,(H,26,30). The maximum Gasteiger partial charge on any atom is 0.241 e. The molecule has 7 nitrogen and oxygen atoms in total. The van der Waals surface area contributed by atoms with Crippen molar-refractivity contribution in [2.24, 2.45) is 5.92 Å². The predicted octanol–water partition coefficient (Wildman–Crippen LogP) is 4.60. The zero-order chi connectivity index (χ0) is 22.5. The van der Waals surface area contributed by atoms with Crippen molar-refractivity contribution >= 4 is 21.8 Å². The van der Waals surface area contributed by atoms with E-state index in [2.05, 4.69) is 36.3 Å². The second-order valence-corrected chi connectivity index (χ2v) is 8.99. The number of ether oxygens (including phenoxy) is 1. The number of hydrogen-bond acceptors (Lipinski definition) is 6. The number of likely N-dealkylation sites (tertiary alicyclic amines) is 1. The molecule has 2 aromatic carbocycles. The average molecular weight is 499 g/mol. The average Bonchev–Trinajstić information content (AvgIpc) is 3.28. The van der Waals surface area contributed by atoms with Gasteiger partial charge in [-0.2, -0.15) is 4.98 Å². The summed E-state index contributed by atoms with van der Waals surface area (Å²) in [4.78, 5) is 19.5. The fourth-order valence-electron chi connectivity index (χ4n) is 3.89. The molecule has 168 valence electrons. The van der Waals surface area contributed by atoms with Crippen LogP contribution in [0.25, 0.3) is 11.4 Å². The Bertz CT molecular complexity index is 1030. The monoisotopic (exact) mass is 498 g/mol. The van der Waals surface area contributed by atoms with Gasteiger partial charge in [0, 0.05) is 16.0 Å². The number of benzene rings is 2. The van der Waals surface area contributed by atoms with E-state index in [0.717, 1.165) is 47.3 Å². The van der Waals surface area contributed by atoms with Crippen LogP contribution in [0.15, 0.2) is 57.5 Å². The maximum absolute atomic E-state index is 12.8. The Kier molecular flexibility index (Phi) is 7.22. The fraction of sp³-hybridized carbons (Fsp3) is 0.375. The van der Waals surface area contributed by atoms with Crippen LogP contribution in [0, 0.1) is 5.92 Å². The molecule has 0 bridgehead atoms. The summed E-state index contributed by atoms with van der Waals surface area (Å²) in [5, 5.41) is 7.25. The van der Waals surface area contributed by atoms with Gasteiger partial charge < -0.3 is 14.6 Å². The number of halogens is 1. The van der Waals surface area contributed by atoms with Crippen LogP contribution in [0.1, 0.15) is 37.3 Å². The Hall–Kier alpha value is -2.71. The summed E-state index contributed by atoms with van der Waals surface area (Å²) < 4.78 is 11.6. The van der Waals surface area contributed by atoms with Gasteiger partial charge in [0.1, 0.15) is 5.75 Å². The highest BCUT2D eigenvalue weighted by Gasteiger charge is 2.27. The lowest BCUT2D eigenvalue weighted by molar-refractivity contribution is -0.127. The Morgan fingerprint density at radius 1 is 1.19 bits per heavy atom. The van der Waals surface area contributed by atoms with Gasteiger partial charge in [-0.05, 0) is 74.8 Å². The molecular formula is C24H27BrN4O3. The van der Waals surface area contributed by atoms with E-state index in [9.17, 15) is 4.79 Å². The molecule has 2 heterocycles. The van der Waals surface area contributed by atoms with Crippen LogP contribution >= 0.6 is 15.9 Å². The van der Waals surface area contributed by atoms with Crippen LogP contribution in [-0.2, 0) is 11.3 Å². The van der Waals surface area contributed by atoms with E-state index in [1.165, 1.54) is 0 Å². The van der Waals surface area contributed by atoms with Crippen LogP contribution in [0.3, 0.4) is 0 Å². The number of rotatable bonds is 7. The lowest BCUT2D eigenvalue weighted by Gasteiger charge is -2.30. The van der Waals surface area contributed by atoms with Crippen molar-refractivity contribution in [2.75, 3.05) is 20.2 Å². The second kappa shape index (κ2) is 10.3.